The minimum Gasteiger partial charge on any atom is -0.308 e. The van der Waals surface area contributed by atoms with Gasteiger partial charge in [0.25, 0.3) is 0 Å². The molecular formula is C25H25FIN5. The van der Waals surface area contributed by atoms with Gasteiger partial charge in [0, 0.05) is 13.0 Å². The molecule has 1 aliphatic heterocycles. The Labute approximate surface area is 200 Å². The van der Waals surface area contributed by atoms with Crippen LogP contribution in [0.15, 0.2) is 67.1 Å². The number of benzene rings is 2. The monoisotopic (exact) mass is 541 g/mol. The summed E-state index contributed by atoms with van der Waals surface area (Å²) in [5, 5.41) is 0. The molecule has 32 heavy (non-hydrogen) atoms. The van der Waals surface area contributed by atoms with Crippen molar-refractivity contribution < 1.29 is 4.39 Å². The Morgan fingerprint density at radius 2 is 1.78 bits per heavy atom. The number of halogens is 2. The number of hydrogen-bond donors (Lipinski definition) is 0. The average molecular weight is 541 g/mol. The van der Waals surface area contributed by atoms with E-state index in [0.29, 0.717) is 16.5 Å². The molecule has 4 aromatic rings. The van der Waals surface area contributed by atoms with E-state index in [1.165, 1.54) is 17.7 Å². The van der Waals surface area contributed by atoms with Gasteiger partial charge in [0.2, 0.25) is 0 Å². The topological polar surface area (TPSA) is 46.8 Å². The van der Waals surface area contributed by atoms with Crippen molar-refractivity contribution in [2.24, 2.45) is 5.92 Å². The van der Waals surface area contributed by atoms with E-state index in [0.717, 1.165) is 54.9 Å². The van der Waals surface area contributed by atoms with Crippen LogP contribution in [-0.4, -0.2) is 35.0 Å². The molecule has 2 atom stereocenters. The summed E-state index contributed by atoms with van der Waals surface area (Å²) >= 11 is 2.59. The Bertz CT molecular complexity index is 1180. The van der Waals surface area contributed by atoms with Gasteiger partial charge >= 0.3 is 0 Å². The molecule has 0 amide bonds. The van der Waals surface area contributed by atoms with Crippen LogP contribution in [0.2, 0.25) is 0 Å². The van der Waals surface area contributed by atoms with E-state index in [1.54, 1.807) is 12.5 Å². The SMILES string of the molecule is Fc1ccc(Cn2c(CC3CCN(Cc4ccccc4)C(I)C3)nc3cncnc32)cc1. The van der Waals surface area contributed by atoms with Gasteiger partial charge in [0.15, 0.2) is 5.65 Å². The zero-order valence-electron chi connectivity index (χ0n) is 17.7. The molecule has 0 radical (unpaired) electrons. The molecule has 0 spiro atoms. The van der Waals surface area contributed by atoms with Crippen LogP contribution in [0.1, 0.15) is 29.8 Å². The van der Waals surface area contributed by atoms with Crippen LogP contribution in [0.25, 0.3) is 11.2 Å². The fourth-order valence-corrected chi connectivity index (χ4v) is 5.68. The molecule has 1 saturated heterocycles. The Morgan fingerprint density at radius 1 is 1.00 bits per heavy atom. The van der Waals surface area contributed by atoms with E-state index in [-0.39, 0.29) is 5.82 Å². The predicted octanol–water partition coefficient (Wildman–Crippen LogP) is 5.23. The Morgan fingerprint density at radius 3 is 2.56 bits per heavy atom. The van der Waals surface area contributed by atoms with Gasteiger partial charge in [0.05, 0.1) is 16.8 Å². The number of rotatable bonds is 6. The summed E-state index contributed by atoms with van der Waals surface area (Å²) in [6.07, 6.45) is 6.54. The highest BCUT2D eigenvalue weighted by Crippen LogP contribution is 2.31. The number of nitrogens with zero attached hydrogens (tertiary/aromatic N) is 5. The van der Waals surface area contributed by atoms with E-state index in [1.807, 2.05) is 12.1 Å². The number of imidazole rings is 1. The van der Waals surface area contributed by atoms with E-state index in [2.05, 4.69) is 72.4 Å². The molecule has 0 aliphatic carbocycles. The number of alkyl halides is 1. The zero-order valence-corrected chi connectivity index (χ0v) is 19.9. The molecule has 2 aromatic carbocycles. The van der Waals surface area contributed by atoms with Crippen molar-refractivity contribution in [3.8, 4) is 0 Å². The molecule has 1 aliphatic rings. The third-order valence-electron chi connectivity index (χ3n) is 6.19. The molecule has 0 bridgehead atoms. The number of piperidine rings is 1. The second-order valence-corrected chi connectivity index (χ2v) is 9.90. The first-order valence-electron chi connectivity index (χ1n) is 11.0. The Kier molecular flexibility index (Phi) is 6.45. The van der Waals surface area contributed by atoms with Gasteiger partial charge in [-0.2, -0.15) is 0 Å². The van der Waals surface area contributed by atoms with E-state index in [4.69, 9.17) is 4.98 Å². The molecule has 7 heteroatoms. The molecule has 164 valence electrons. The maximum atomic E-state index is 13.4. The maximum absolute atomic E-state index is 13.4. The fraction of sp³-hybridized carbons (Fsp3) is 0.320. The summed E-state index contributed by atoms with van der Waals surface area (Å²) in [5.41, 5.74) is 4.06. The third-order valence-corrected chi connectivity index (χ3v) is 7.49. The van der Waals surface area contributed by atoms with Crippen LogP contribution in [0.5, 0.6) is 0 Å². The first-order chi connectivity index (χ1) is 15.7. The standard InChI is InChI=1S/C25H25FIN5/c26-21-8-6-19(7-9-21)16-32-24(30-22-14-28-17-29-25(22)32)13-20-10-11-31(23(27)12-20)15-18-4-2-1-3-5-18/h1-9,14,17,20,23H,10-13,15-16H2. The lowest BCUT2D eigenvalue weighted by Crippen LogP contribution is -2.39. The minimum absolute atomic E-state index is 0.220. The highest BCUT2D eigenvalue weighted by molar-refractivity contribution is 14.1. The highest BCUT2D eigenvalue weighted by Gasteiger charge is 2.28. The lowest BCUT2D eigenvalue weighted by Gasteiger charge is -2.36. The van der Waals surface area contributed by atoms with Gasteiger partial charge in [-0.3, -0.25) is 4.90 Å². The van der Waals surface area contributed by atoms with E-state index < -0.39 is 0 Å². The van der Waals surface area contributed by atoms with Crippen LogP contribution < -0.4 is 0 Å². The summed E-state index contributed by atoms with van der Waals surface area (Å²) in [5.74, 6) is 1.39. The predicted molar refractivity (Wildman–Crippen MR) is 132 cm³/mol. The van der Waals surface area contributed by atoms with Gasteiger partial charge in [-0.25, -0.2) is 19.3 Å². The number of hydrogen-bond acceptors (Lipinski definition) is 4. The molecule has 2 unspecified atom stereocenters. The summed E-state index contributed by atoms with van der Waals surface area (Å²) in [6.45, 7) is 2.72. The van der Waals surface area contributed by atoms with Crippen molar-refractivity contribution in [2.45, 2.75) is 36.4 Å². The summed E-state index contributed by atoms with van der Waals surface area (Å²) in [7, 11) is 0. The van der Waals surface area contributed by atoms with Gasteiger partial charge in [-0.05, 0) is 48.6 Å². The van der Waals surface area contributed by atoms with Crippen molar-refractivity contribution in [1.29, 1.82) is 0 Å². The minimum atomic E-state index is -0.220. The molecular weight excluding hydrogens is 516 g/mol. The van der Waals surface area contributed by atoms with Crippen molar-refractivity contribution in [1.82, 2.24) is 24.4 Å². The molecule has 1 fully saturated rings. The van der Waals surface area contributed by atoms with Crippen LogP contribution >= 0.6 is 22.6 Å². The van der Waals surface area contributed by atoms with Gasteiger partial charge < -0.3 is 4.57 Å². The average Bonchev–Trinajstić information content (AvgIpc) is 3.15. The molecule has 5 nitrogen and oxygen atoms in total. The van der Waals surface area contributed by atoms with Gasteiger partial charge in [-0.1, -0.05) is 65.1 Å². The molecule has 0 N–H and O–H groups in total. The fourth-order valence-electron chi connectivity index (χ4n) is 4.49. The number of fused-ring (bicyclic) bond motifs is 1. The summed E-state index contributed by atoms with van der Waals surface area (Å²) in [4.78, 5) is 16.1. The zero-order chi connectivity index (χ0) is 21.9. The quantitative estimate of drug-likeness (QED) is 0.191. The van der Waals surface area contributed by atoms with E-state index in [9.17, 15) is 4.39 Å². The normalized spacial score (nSPS) is 19.4. The smallest absolute Gasteiger partial charge is 0.163 e. The second kappa shape index (κ2) is 9.62. The summed E-state index contributed by atoms with van der Waals surface area (Å²) < 4.78 is 16.0. The Hall–Kier alpha value is -2.39. The molecule has 0 saturated carbocycles. The van der Waals surface area contributed by atoms with E-state index >= 15 is 0 Å². The molecule has 3 heterocycles. The highest BCUT2D eigenvalue weighted by atomic mass is 127. The van der Waals surface area contributed by atoms with Crippen molar-refractivity contribution >= 4 is 33.8 Å². The van der Waals surface area contributed by atoms with Crippen molar-refractivity contribution in [3.63, 3.8) is 0 Å². The maximum Gasteiger partial charge on any atom is 0.163 e. The van der Waals surface area contributed by atoms with Gasteiger partial charge in [0.1, 0.15) is 23.5 Å². The number of likely N-dealkylation sites (tertiary alicyclic amines) is 1. The molecule has 2 aromatic heterocycles. The lowest BCUT2D eigenvalue weighted by molar-refractivity contribution is 0.164. The van der Waals surface area contributed by atoms with Crippen LogP contribution in [0.4, 0.5) is 4.39 Å². The third kappa shape index (κ3) is 4.83. The van der Waals surface area contributed by atoms with Crippen molar-refractivity contribution in [2.75, 3.05) is 6.54 Å². The largest absolute Gasteiger partial charge is 0.308 e. The lowest BCUT2D eigenvalue weighted by atomic mass is 9.93. The summed E-state index contributed by atoms with van der Waals surface area (Å²) in [6, 6.07) is 17.4. The first-order valence-corrected chi connectivity index (χ1v) is 12.2. The van der Waals surface area contributed by atoms with Crippen molar-refractivity contribution in [3.05, 3.63) is 89.9 Å². The molecule has 5 rings (SSSR count). The van der Waals surface area contributed by atoms with Gasteiger partial charge in [-0.15, -0.1) is 0 Å². The number of aromatic nitrogens is 4. The first kappa shape index (κ1) is 21.5. The Balaban J connectivity index is 1.32. The van der Waals surface area contributed by atoms with Crippen LogP contribution in [0.3, 0.4) is 0 Å². The van der Waals surface area contributed by atoms with Crippen LogP contribution in [0, 0.1) is 11.7 Å². The van der Waals surface area contributed by atoms with Crippen LogP contribution in [-0.2, 0) is 19.5 Å². The second-order valence-electron chi connectivity index (χ2n) is 8.46.